The van der Waals surface area contributed by atoms with Gasteiger partial charge in [-0.2, -0.15) is 5.10 Å². The van der Waals surface area contributed by atoms with Crippen LogP contribution in [0.25, 0.3) is 11.0 Å². The van der Waals surface area contributed by atoms with Gasteiger partial charge in [0, 0.05) is 24.2 Å². The number of rotatable bonds is 5. The molecule has 21 heavy (non-hydrogen) atoms. The molecule has 1 aliphatic carbocycles. The highest BCUT2D eigenvalue weighted by molar-refractivity contribution is 6.05. The Labute approximate surface area is 123 Å². The van der Waals surface area contributed by atoms with Crippen LogP contribution in [0.4, 0.5) is 0 Å². The number of aromatic nitrogens is 3. The topological polar surface area (TPSA) is 80.0 Å². The summed E-state index contributed by atoms with van der Waals surface area (Å²) in [6.07, 6.45) is 3.96. The van der Waals surface area contributed by atoms with Gasteiger partial charge in [-0.15, -0.1) is 0 Å². The summed E-state index contributed by atoms with van der Waals surface area (Å²) in [5.74, 6) is 0.288. The number of aliphatic hydroxyl groups is 1. The lowest BCUT2D eigenvalue weighted by Gasteiger charge is -2.10. The molecule has 0 bridgehead atoms. The zero-order valence-electron chi connectivity index (χ0n) is 12.3. The van der Waals surface area contributed by atoms with Gasteiger partial charge in [0.1, 0.15) is 0 Å². The number of hydrogen-bond acceptors (Lipinski definition) is 4. The van der Waals surface area contributed by atoms with Crippen molar-refractivity contribution in [3.8, 4) is 0 Å². The third-order valence-corrected chi connectivity index (χ3v) is 3.71. The van der Waals surface area contributed by atoms with E-state index in [4.69, 9.17) is 10.1 Å². The molecule has 0 unspecified atom stereocenters. The Kier molecular flexibility index (Phi) is 3.63. The van der Waals surface area contributed by atoms with Crippen molar-refractivity contribution < 1.29 is 9.90 Å². The number of hydrogen-bond donors (Lipinski definition) is 2. The fourth-order valence-corrected chi connectivity index (χ4v) is 2.46. The van der Waals surface area contributed by atoms with Gasteiger partial charge in [0.05, 0.1) is 23.8 Å². The van der Waals surface area contributed by atoms with E-state index >= 15 is 0 Å². The molecular weight excluding hydrogens is 268 g/mol. The summed E-state index contributed by atoms with van der Waals surface area (Å²) >= 11 is 0. The van der Waals surface area contributed by atoms with E-state index in [-0.39, 0.29) is 25.1 Å². The molecule has 2 aromatic rings. The molecule has 0 aliphatic heterocycles. The lowest BCUT2D eigenvalue weighted by molar-refractivity contribution is 0.0946. The molecule has 1 amide bonds. The number of nitrogens with zero attached hydrogens (tertiary/aromatic N) is 3. The predicted molar refractivity (Wildman–Crippen MR) is 79.3 cm³/mol. The van der Waals surface area contributed by atoms with Gasteiger partial charge < -0.3 is 10.4 Å². The Bertz CT molecular complexity index is 674. The van der Waals surface area contributed by atoms with Gasteiger partial charge in [0.15, 0.2) is 5.65 Å². The molecule has 1 saturated carbocycles. The number of pyridine rings is 1. The van der Waals surface area contributed by atoms with Crippen LogP contribution in [0.15, 0.2) is 12.3 Å². The molecule has 1 fully saturated rings. The van der Waals surface area contributed by atoms with Gasteiger partial charge in [-0.05, 0) is 32.8 Å². The molecule has 2 heterocycles. The van der Waals surface area contributed by atoms with Crippen molar-refractivity contribution in [1.82, 2.24) is 20.1 Å². The van der Waals surface area contributed by atoms with Crippen molar-refractivity contribution in [3.05, 3.63) is 23.5 Å². The van der Waals surface area contributed by atoms with E-state index in [1.165, 1.54) is 0 Å². The Hall–Kier alpha value is -1.95. The van der Waals surface area contributed by atoms with E-state index in [1.54, 1.807) is 6.20 Å². The monoisotopic (exact) mass is 288 g/mol. The minimum atomic E-state index is -0.179. The van der Waals surface area contributed by atoms with E-state index in [9.17, 15) is 4.79 Å². The van der Waals surface area contributed by atoms with Gasteiger partial charge in [-0.1, -0.05) is 0 Å². The summed E-state index contributed by atoms with van der Waals surface area (Å²) in [6, 6.07) is 2.07. The lowest BCUT2D eigenvalue weighted by atomic mass is 10.1. The first-order valence-electron chi connectivity index (χ1n) is 7.39. The summed E-state index contributed by atoms with van der Waals surface area (Å²) in [7, 11) is 0. The van der Waals surface area contributed by atoms with Crippen molar-refractivity contribution >= 4 is 16.9 Å². The summed E-state index contributed by atoms with van der Waals surface area (Å²) < 4.78 is 1.85. The Balaban J connectivity index is 2.10. The fraction of sp³-hybridized carbons (Fsp3) is 0.533. The summed E-state index contributed by atoms with van der Waals surface area (Å²) in [4.78, 5) is 17.0. The minimum Gasteiger partial charge on any atom is -0.395 e. The average molecular weight is 288 g/mol. The van der Waals surface area contributed by atoms with Crippen molar-refractivity contribution in [1.29, 1.82) is 0 Å². The summed E-state index contributed by atoms with van der Waals surface area (Å²) in [6.45, 7) is 4.27. The molecule has 112 valence electrons. The van der Waals surface area contributed by atoms with Crippen molar-refractivity contribution in [3.63, 3.8) is 0 Å². The van der Waals surface area contributed by atoms with Gasteiger partial charge in [-0.3, -0.25) is 4.79 Å². The van der Waals surface area contributed by atoms with Crippen LogP contribution in [-0.2, 0) is 0 Å². The van der Waals surface area contributed by atoms with Gasteiger partial charge in [-0.25, -0.2) is 9.67 Å². The minimum absolute atomic E-state index is 0.0687. The maximum Gasteiger partial charge on any atom is 0.252 e. The first-order chi connectivity index (χ1) is 10.1. The molecule has 3 rings (SSSR count). The Morgan fingerprint density at radius 1 is 1.52 bits per heavy atom. The highest BCUT2D eigenvalue weighted by Crippen LogP contribution is 2.40. The molecule has 0 spiro atoms. The maximum absolute atomic E-state index is 12.3. The molecule has 6 heteroatoms. The molecule has 2 N–H and O–H groups in total. The quantitative estimate of drug-likeness (QED) is 0.876. The summed E-state index contributed by atoms with van der Waals surface area (Å²) in [5.41, 5.74) is 2.34. The average Bonchev–Trinajstić information content (AvgIpc) is 3.22. The molecule has 0 aromatic carbocycles. The van der Waals surface area contributed by atoms with Crippen LogP contribution in [0.1, 0.15) is 54.7 Å². The zero-order chi connectivity index (χ0) is 15.0. The van der Waals surface area contributed by atoms with Crippen molar-refractivity contribution in [2.75, 3.05) is 13.2 Å². The lowest BCUT2D eigenvalue weighted by Crippen LogP contribution is -2.26. The number of fused-ring (bicyclic) bond motifs is 1. The maximum atomic E-state index is 12.3. The smallest absolute Gasteiger partial charge is 0.252 e. The van der Waals surface area contributed by atoms with Gasteiger partial charge >= 0.3 is 0 Å². The molecule has 0 atom stereocenters. The van der Waals surface area contributed by atoms with Gasteiger partial charge in [0.2, 0.25) is 0 Å². The molecule has 2 aromatic heterocycles. The second-order valence-electron chi connectivity index (χ2n) is 5.77. The molecule has 0 radical (unpaired) electrons. The predicted octanol–water partition coefficient (Wildman–Crippen LogP) is 1.61. The normalized spacial score (nSPS) is 14.9. The number of nitrogens with one attached hydrogen (secondary N) is 1. The van der Waals surface area contributed by atoms with Crippen LogP contribution in [0, 0.1) is 0 Å². The number of carbonyl (C=O) groups is 1. The zero-order valence-corrected chi connectivity index (χ0v) is 12.3. The molecular formula is C15H20N4O2. The molecule has 1 aliphatic rings. The largest absolute Gasteiger partial charge is 0.395 e. The molecule has 6 nitrogen and oxygen atoms in total. The fourth-order valence-electron chi connectivity index (χ4n) is 2.46. The number of amides is 1. The third-order valence-electron chi connectivity index (χ3n) is 3.71. The Morgan fingerprint density at radius 3 is 2.90 bits per heavy atom. The van der Waals surface area contributed by atoms with Crippen LogP contribution < -0.4 is 5.32 Å². The standard InChI is InChI=1S/C15H20N4O2/c1-9(2)19-14-12(8-17-19)11(15(21)16-5-6-20)7-13(18-14)10-3-4-10/h7-10,20H,3-6H2,1-2H3,(H,16,21). The second-order valence-corrected chi connectivity index (χ2v) is 5.77. The first-order valence-corrected chi connectivity index (χ1v) is 7.39. The van der Waals surface area contributed by atoms with E-state index in [1.807, 2.05) is 24.6 Å². The van der Waals surface area contributed by atoms with Gasteiger partial charge in [0.25, 0.3) is 5.91 Å². The van der Waals surface area contributed by atoms with Crippen LogP contribution in [0.3, 0.4) is 0 Å². The second kappa shape index (κ2) is 5.44. The highest BCUT2D eigenvalue weighted by atomic mass is 16.3. The van der Waals surface area contributed by atoms with E-state index in [0.29, 0.717) is 11.5 Å². The van der Waals surface area contributed by atoms with Crippen molar-refractivity contribution in [2.45, 2.75) is 38.6 Å². The number of aliphatic hydroxyl groups excluding tert-OH is 1. The summed E-state index contributed by atoms with van der Waals surface area (Å²) in [5, 5.41) is 16.7. The van der Waals surface area contributed by atoms with E-state index in [2.05, 4.69) is 10.4 Å². The first kappa shape index (κ1) is 14.0. The van der Waals surface area contributed by atoms with Crippen molar-refractivity contribution in [2.24, 2.45) is 0 Å². The van der Waals surface area contributed by atoms with Crippen LogP contribution in [0.5, 0.6) is 0 Å². The van der Waals surface area contributed by atoms with E-state index in [0.717, 1.165) is 29.6 Å². The Morgan fingerprint density at radius 2 is 2.29 bits per heavy atom. The molecule has 0 saturated heterocycles. The SMILES string of the molecule is CC(C)n1ncc2c(C(=O)NCCO)cc(C3CC3)nc21. The third kappa shape index (κ3) is 2.63. The van der Waals surface area contributed by atoms with E-state index < -0.39 is 0 Å². The van der Waals surface area contributed by atoms with Crippen LogP contribution in [-0.4, -0.2) is 38.9 Å². The highest BCUT2D eigenvalue weighted by Gasteiger charge is 2.28. The van der Waals surface area contributed by atoms with Crippen LogP contribution in [0.2, 0.25) is 0 Å². The number of carbonyl (C=O) groups excluding carboxylic acids is 1. The van der Waals surface area contributed by atoms with Crippen LogP contribution >= 0.6 is 0 Å².